The zero-order valence-corrected chi connectivity index (χ0v) is 30.1. The van der Waals surface area contributed by atoms with Crippen LogP contribution in [0.4, 0.5) is 0 Å². The number of hydrogen-bond donors (Lipinski definition) is 0. The monoisotopic (exact) mass is 672 g/mol. The van der Waals surface area contributed by atoms with Crippen LogP contribution in [-0.4, -0.2) is 5.92 Å². The number of hydrogen-bond acceptors (Lipinski definition) is 0. The number of allylic oxidation sites excluding steroid dienone is 2. The van der Waals surface area contributed by atoms with Crippen LogP contribution in [0.3, 0.4) is 0 Å². The average molecular weight is 675 g/mol. The van der Waals surface area contributed by atoms with Crippen LogP contribution in [0.15, 0.2) is 109 Å². The molecule has 0 saturated carbocycles. The van der Waals surface area contributed by atoms with Crippen LogP contribution in [0.2, 0.25) is 13.1 Å². The van der Waals surface area contributed by atoms with E-state index < -0.39 is 20.0 Å². The van der Waals surface area contributed by atoms with Crippen molar-refractivity contribution >= 4 is 38.4 Å². The van der Waals surface area contributed by atoms with Crippen molar-refractivity contribution in [3.63, 3.8) is 0 Å². The molecule has 6 rings (SSSR count). The van der Waals surface area contributed by atoms with Crippen LogP contribution in [-0.2, 0) is 19.5 Å². The minimum atomic E-state index is -5.66. The molecule has 4 aromatic rings. The van der Waals surface area contributed by atoms with E-state index in [1.165, 1.54) is 47.8 Å². The van der Waals surface area contributed by atoms with Gasteiger partial charge in [-0.15, -0.1) is 0 Å². The molecule has 2 aliphatic rings. The molecular formula is C37H40Cl2SiZr. The minimum absolute atomic E-state index is 0.0150. The van der Waals surface area contributed by atoms with E-state index >= 15 is 0 Å². The van der Waals surface area contributed by atoms with E-state index in [9.17, 15) is 0 Å². The standard InChI is InChI=1S/C20H21.C9H7.C6H5.C2H7Si.2ClH.Zr/c1-14-12-16-6-5-7-18(19(16)13-14)15-8-10-17(11-9-15)20(2,3)4;1-2-5-9-7-3-6-8(9)4-1;1-2-4-6-5-3-1;1-3-2;;;/h5-13H,1-4H3;1-7H;1-5H;3H,1-2H3;2*1H;/q;;;;;;+2/p-2. The first-order valence-corrected chi connectivity index (χ1v) is 32.4. The van der Waals surface area contributed by atoms with Gasteiger partial charge in [-0.25, -0.2) is 0 Å². The van der Waals surface area contributed by atoms with Gasteiger partial charge in [0.05, 0.1) is 0 Å². The third-order valence-electron chi connectivity index (χ3n) is 10.5. The molecule has 0 aromatic heterocycles. The fourth-order valence-electron chi connectivity index (χ4n) is 8.14. The van der Waals surface area contributed by atoms with Gasteiger partial charge in [-0.3, -0.25) is 0 Å². The average Bonchev–Trinajstić information content (AvgIpc) is 3.55. The van der Waals surface area contributed by atoms with E-state index in [-0.39, 0.29) is 12.7 Å². The predicted octanol–water partition coefficient (Wildman–Crippen LogP) is 10.7. The molecule has 0 saturated heterocycles. The molecule has 2 unspecified atom stereocenters. The van der Waals surface area contributed by atoms with Crippen molar-refractivity contribution in [1.29, 1.82) is 0 Å². The number of halogens is 2. The summed E-state index contributed by atoms with van der Waals surface area (Å²) in [6.45, 7) is 13.9. The molecular weight excluding hydrogens is 635 g/mol. The Kier molecular flexibility index (Phi) is 6.76. The van der Waals surface area contributed by atoms with E-state index in [0.29, 0.717) is 0 Å². The van der Waals surface area contributed by atoms with Gasteiger partial charge < -0.3 is 0 Å². The summed E-state index contributed by atoms with van der Waals surface area (Å²) in [5.74, 6) is -1.81. The summed E-state index contributed by atoms with van der Waals surface area (Å²) in [7, 11) is 17.8. The molecule has 0 N–H and O–H groups in total. The van der Waals surface area contributed by atoms with Gasteiger partial charge in [0.15, 0.2) is 0 Å². The maximum absolute atomic E-state index is 8.88. The molecule has 210 valence electrons. The Balaban J connectivity index is 1.65. The summed E-state index contributed by atoms with van der Waals surface area (Å²) >= 11 is -5.66. The Bertz CT molecular complexity index is 1730. The Morgan fingerprint density at radius 1 is 0.732 bits per heavy atom. The van der Waals surface area contributed by atoms with E-state index in [1.54, 1.807) is 0 Å². The van der Waals surface area contributed by atoms with E-state index in [2.05, 4.69) is 156 Å². The normalized spacial score (nSPS) is 19.9. The van der Waals surface area contributed by atoms with Gasteiger partial charge in [0.1, 0.15) is 0 Å². The van der Waals surface area contributed by atoms with Crippen LogP contribution >= 0.6 is 17.0 Å². The SMILES string of the molecule is CC1=Cc2c(-c3ccc(C(C)(C)C)cc3)cccc2[CH]1[Zr]([Cl])([Cl])([c]1ccccc1)([CH]1C=Cc2ccccc21)[SiH](C)C. The first kappa shape index (κ1) is 29.1. The first-order valence-electron chi connectivity index (χ1n) is 14.9. The van der Waals surface area contributed by atoms with Crippen molar-refractivity contribution in [3.05, 3.63) is 137 Å². The van der Waals surface area contributed by atoms with E-state index in [4.69, 9.17) is 17.0 Å². The summed E-state index contributed by atoms with van der Waals surface area (Å²) in [5, 5.41) is 0. The van der Waals surface area contributed by atoms with Crippen molar-refractivity contribution < 1.29 is 14.1 Å². The quantitative estimate of drug-likeness (QED) is 0.185. The van der Waals surface area contributed by atoms with Crippen molar-refractivity contribution in [2.75, 3.05) is 0 Å². The van der Waals surface area contributed by atoms with Crippen LogP contribution in [0.25, 0.3) is 23.3 Å². The molecule has 4 aromatic carbocycles. The summed E-state index contributed by atoms with van der Waals surface area (Å²) < 4.78 is 1.15. The second-order valence-electron chi connectivity index (χ2n) is 13.8. The summed E-state index contributed by atoms with van der Waals surface area (Å²) in [4.78, 5) is 0. The topological polar surface area (TPSA) is 0 Å². The zero-order valence-electron chi connectivity index (χ0n) is 25.0. The third-order valence-corrected chi connectivity index (χ3v) is 77.9. The Hall–Kier alpha value is -1.96. The van der Waals surface area contributed by atoms with Gasteiger partial charge in [-0.2, -0.15) is 0 Å². The molecule has 0 heterocycles. The van der Waals surface area contributed by atoms with Crippen LogP contribution in [0, 0.1) is 0 Å². The molecule has 0 amide bonds. The summed E-state index contributed by atoms with van der Waals surface area (Å²) in [5.41, 5.74) is 10.3. The van der Waals surface area contributed by atoms with E-state index in [0.717, 1.165) is 0 Å². The Labute approximate surface area is 251 Å². The van der Waals surface area contributed by atoms with Gasteiger partial charge in [0, 0.05) is 0 Å². The molecule has 0 aliphatic heterocycles. The molecule has 2 atom stereocenters. The fourth-order valence-corrected chi connectivity index (χ4v) is 52.3. The van der Waals surface area contributed by atoms with Gasteiger partial charge in [-0.1, -0.05) is 0 Å². The van der Waals surface area contributed by atoms with Gasteiger partial charge >= 0.3 is 254 Å². The van der Waals surface area contributed by atoms with Crippen LogP contribution in [0.5, 0.6) is 0 Å². The molecule has 41 heavy (non-hydrogen) atoms. The van der Waals surface area contributed by atoms with Crippen molar-refractivity contribution in [2.45, 2.75) is 53.5 Å². The maximum atomic E-state index is 8.88. The summed E-state index contributed by atoms with van der Waals surface area (Å²) in [6, 6.07) is 35.5. The van der Waals surface area contributed by atoms with Crippen LogP contribution < -0.4 is 3.27 Å². The number of benzene rings is 4. The van der Waals surface area contributed by atoms with Gasteiger partial charge in [0.25, 0.3) is 0 Å². The van der Waals surface area contributed by atoms with Crippen molar-refractivity contribution in [2.24, 2.45) is 0 Å². The summed E-state index contributed by atoms with van der Waals surface area (Å²) in [6.07, 6.45) is 7.03. The van der Waals surface area contributed by atoms with E-state index in [1.807, 2.05) is 0 Å². The molecule has 0 nitrogen and oxygen atoms in total. The van der Waals surface area contributed by atoms with Gasteiger partial charge in [0.2, 0.25) is 0 Å². The number of fused-ring (bicyclic) bond motifs is 2. The second kappa shape index (κ2) is 9.52. The van der Waals surface area contributed by atoms with Crippen LogP contribution in [0.1, 0.15) is 62.8 Å². The number of rotatable bonds is 5. The fraction of sp³-hybridized carbons (Fsp3) is 0.243. The first-order chi connectivity index (χ1) is 19.3. The molecule has 0 spiro atoms. The van der Waals surface area contributed by atoms with Crippen molar-refractivity contribution in [1.82, 2.24) is 0 Å². The molecule has 4 heteroatoms. The zero-order chi connectivity index (χ0) is 29.3. The van der Waals surface area contributed by atoms with Crippen molar-refractivity contribution in [3.8, 4) is 11.1 Å². The second-order valence-corrected chi connectivity index (χ2v) is 64.8. The Morgan fingerprint density at radius 3 is 2.02 bits per heavy atom. The Morgan fingerprint density at radius 2 is 1.37 bits per heavy atom. The predicted molar refractivity (Wildman–Crippen MR) is 182 cm³/mol. The van der Waals surface area contributed by atoms with Gasteiger partial charge in [-0.05, 0) is 0 Å². The molecule has 0 radical (unpaired) electrons. The molecule has 2 aliphatic carbocycles. The third kappa shape index (κ3) is 3.94. The molecule has 0 fully saturated rings. The molecule has 0 bridgehead atoms.